The minimum Gasteiger partial charge on any atom is -0.394 e. The van der Waals surface area contributed by atoms with Crippen LogP contribution < -0.4 is 5.32 Å². The maximum atomic E-state index is 13.0. The first-order valence-corrected chi connectivity index (χ1v) is 5.72. The number of benzene rings is 1. The number of nitrogens with one attached hydrogen (secondary N) is 1. The van der Waals surface area contributed by atoms with Gasteiger partial charge in [0.25, 0.3) is 0 Å². The third-order valence-electron chi connectivity index (χ3n) is 2.64. The number of rotatable bonds is 5. The Kier molecular flexibility index (Phi) is 4.71. The molecule has 0 saturated carbocycles. The van der Waals surface area contributed by atoms with Crippen LogP contribution in [-0.2, 0) is 5.54 Å². The van der Waals surface area contributed by atoms with Crippen molar-refractivity contribution in [1.82, 2.24) is 5.32 Å². The molecule has 1 atom stereocenters. The van der Waals surface area contributed by atoms with Crippen LogP contribution in [0.1, 0.15) is 25.8 Å². The molecule has 1 aromatic carbocycles. The molecule has 2 N–H and O–H groups in total. The predicted molar refractivity (Wildman–Crippen MR) is 64.1 cm³/mol. The van der Waals surface area contributed by atoms with Crippen molar-refractivity contribution >= 4 is 11.6 Å². The van der Waals surface area contributed by atoms with Gasteiger partial charge in [0.2, 0.25) is 0 Å². The van der Waals surface area contributed by atoms with Gasteiger partial charge in [0.15, 0.2) is 0 Å². The van der Waals surface area contributed by atoms with Crippen molar-refractivity contribution < 1.29 is 9.50 Å². The molecule has 1 unspecified atom stereocenters. The summed E-state index contributed by atoms with van der Waals surface area (Å²) in [5, 5.41) is 12.7. The van der Waals surface area contributed by atoms with E-state index in [4.69, 9.17) is 11.6 Å². The fourth-order valence-electron chi connectivity index (χ4n) is 1.49. The summed E-state index contributed by atoms with van der Waals surface area (Å²) in [6.07, 6.45) is 0.963. The zero-order valence-corrected chi connectivity index (χ0v) is 10.3. The molecule has 0 aromatic heterocycles. The van der Waals surface area contributed by atoms with Gasteiger partial charge < -0.3 is 10.4 Å². The lowest BCUT2D eigenvalue weighted by Crippen LogP contribution is -2.43. The van der Waals surface area contributed by atoms with Crippen LogP contribution in [0.25, 0.3) is 0 Å². The molecular weight excluding hydrogens is 229 g/mol. The Balaban J connectivity index is 2.97. The molecule has 0 aliphatic carbocycles. The molecule has 0 bridgehead atoms. The summed E-state index contributed by atoms with van der Waals surface area (Å²) >= 11 is 5.73. The van der Waals surface area contributed by atoms with Crippen LogP contribution >= 0.6 is 11.6 Å². The average Bonchev–Trinajstić information content (AvgIpc) is 2.29. The van der Waals surface area contributed by atoms with Crippen LogP contribution in [0.4, 0.5) is 4.39 Å². The summed E-state index contributed by atoms with van der Waals surface area (Å²) in [6, 6.07) is 4.51. The Labute approximate surface area is 100 Å². The van der Waals surface area contributed by atoms with Crippen molar-refractivity contribution in [2.24, 2.45) is 0 Å². The van der Waals surface area contributed by atoms with E-state index >= 15 is 0 Å². The van der Waals surface area contributed by atoms with E-state index in [9.17, 15) is 9.50 Å². The van der Waals surface area contributed by atoms with Gasteiger partial charge in [-0.1, -0.05) is 24.6 Å². The molecule has 2 nitrogen and oxygen atoms in total. The summed E-state index contributed by atoms with van der Waals surface area (Å²) in [7, 11) is 0. The van der Waals surface area contributed by atoms with E-state index in [0.717, 1.165) is 18.5 Å². The van der Waals surface area contributed by atoms with Crippen LogP contribution in [0.15, 0.2) is 18.2 Å². The van der Waals surface area contributed by atoms with Gasteiger partial charge in [-0.2, -0.15) is 0 Å². The van der Waals surface area contributed by atoms with E-state index in [-0.39, 0.29) is 11.6 Å². The topological polar surface area (TPSA) is 32.3 Å². The number of hydrogen-bond donors (Lipinski definition) is 2. The number of hydrogen-bond acceptors (Lipinski definition) is 2. The van der Waals surface area contributed by atoms with Crippen LogP contribution in [0.3, 0.4) is 0 Å². The van der Waals surface area contributed by atoms with Crippen molar-refractivity contribution in [1.29, 1.82) is 0 Å². The Hall–Kier alpha value is -0.640. The van der Waals surface area contributed by atoms with Crippen molar-refractivity contribution in [2.45, 2.75) is 25.8 Å². The van der Waals surface area contributed by atoms with E-state index in [1.165, 1.54) is 6.07 Å². The molecule has 1 rings (SSSR count). The fraction of sp³-hybridized carbons (Fsp3) is 0.500. The SMILES string of the molecule is CCCNC(C)(CO)c1ccc(F)c(Cl)c1. The highest BCUT2D eigenvalue weighted by molar-refractivity contribution is 6.30. The zero-order chi connectivity index (χ0) is 12.2. The molecule has 0 aliphatic heterocycles. The molecule has 0 heterocycles. The van der Waals surface area contributed by atoms with Gasteiger partial charge in [-0.15, -0.1) is 0 Å². The Morgan fingerprint density at radius 3 is 2.69 bits per heavy atom. The Morgan fingerprint density at radius 1 is 1.50 bits per heavy atom. The number of aliphatic hydroxyl groups is 1. The second kappa shape index (κ2) is 5.62. The van der Waals surface area contributed by atoms with Gasteiger partial charge in [-0.3, -0.25) is 0 Å². The molecule has 90 valence electrons. The highest BCUT2D eigenvalue weighted by atomic mass is 35.5. The van der Waals surface area contributed by atoms with E-state index < -0.39 is 11.4 Å². The minimum absolute atomic E-state index is 0.0606. The molecule has 16 heavy (non-hydrogen) atoms. The summed E-state index contributed by atoms with van der Waals surface area (Å²) in [5.74, 6) is -0.443. The Bertz CT molecular complexity index is 359. The van der Waals surface area contributed by atoms with Crippen LogP contribution in [-0.4, -0.2) is 18.3 Å². The van der Waals surface area contributed by atoms with Crippen molar-refractivity contribution in [3.05, 3.63) is 34.6 Å². The fourth-order valence-corrected chi connectivity index (χ4v) is 1.67. The molecule has 0 amide bonds. The number of aliphatic hydroxyl groups excluding tert-OH is 1. The molecule has 0 spiro atoms. The monoisotopic (exact) mass is 245 g/mol. The lowest BCUT2D eigenvalue weighted by Gasteiger charge is -2.29. The first kappa shape index (κ1) is 13.4. The molecule has 0 fully saturated rings. The average molecular weight is 246 g/mol. The number of halogens is 2. The maximum Gasteiger partial charge on any atom is 0.141 e. The molecule has 4 heteroatoms. The first-order valence-electron chi connectivity index (χ1n) is 5.35. The van der Waals surface area contributed by atoms with Crippen molar-refractivity contribution in [2.75, 3.05) is 13.2 Å². The quantitative estimate of drug-likeness (QED) is 0.836. The van der Waals surface area contributed by atoms with E-state index in [1.807, 2.05) is 13.8 Å². The van der Waals surface area contributed by atoms with Crippen LogP contribution in [0, 0.1) is 5.82 Å². The normalized spacial score (nSPS) is 14.8. The van der Waals surface area contributed by atoms with Gasteiger partial charge in [0.1, 0.15) is 5.82 Å². The van der Waals surface area contributed by atoms with Gasteiger partial charge in [0, 0.05) is 0 Å². The summed E-state index contributed by atoms with van der Waals surface area (Å²) in [5.41, 5.74) is 0.211. The molecular formula is C12H17ClFNO. The van der Waals surface area contributed by atoms with Gasteiger partial charge >= 0.3 is 0 Å². The van der Waals surface area contributed by atoms with Crippen LogP contribution in [0.2, 0.25) is 5.02 Å². The lowest BCUT2D eigenvalue weighted by atomic mass is 9.92. The van der Waals surface area contributed by atoms with E-state index in [0.29, 0.717) is 0 Å². The van der Waals surface area contributed by atoms with E-state index in [2.05, 4.69) is 5.32 Å². The highest BCUT2D eigenvalue weighted by Gasteiger charge is 2.25. The summed E-state index contributed by atoms with van der Waals surface area (Å²) in [6.45, 7) is 4.63. The van der Waals surface area contributed by atoms with Gasteiger partial charge in [0.05, 0.1) is 17.2 Å². The molecule has 1 aromatic rings. The standard InChI is InChI=1S/C12H17ClFNO/c1-3-6-15-12(2,8-16)9-4-5-11(14)10(13)7-9/h4-5,7,15-16H,3,6,8H2,1-2H3. The smallest absolute Gasteiger partial charge is 0.141 e. The molecule has 0 radical (unpaired) electrons. The largest absolute Gasteiger partial charge is 0.394 e. The maximum absolute atomic E-state index is 13.0. The minimum atomic E-state index is -0.576. The van der Waals surface area contributed by atoms with E-state index in [1.54, 1.807) is 12.1 Å². The summed E-state index contributed by atoms with van der Waals surface area (Å²) < 4.78 is 13.0. The molecule has 0 saturated heterocycles. The second-order valence-corrected chi connectivity index (χ2v) is 4.45. The molecule has 0 aliphatic rings. The second-order valence-electron chi connectivity index (χ2n) is 4.05. The van der Waals surface area contributed by atoms with Gasteiger partial charge in [-0.25, -0.2) is 4.39 Å². The lowest BCUT2D eigenvalue weighted by molar-refractivity contribution is 0.175. The summed E-state index contributed by atoms with van der Waals surface area (Å²) in [4.78, 5) is 0. The van der Waals surface area contributed by atoms with Crippen LogP contribution in [0.5, 0.6) is 0 Å². The predicted octanol–water partition coefficient (Wildman–Crippen LogP) is 2.69. The third-order valence-corrected chi connectivity index (χ3v) is 2.93. The zero-order valence-electron chi connectivity index (χ0n) is 9.56. The van der Waals surface area contributed by atoms with Gasteiger partial charge in [-0.05, 0) is 37.6 Å². The highest BCUT2D eigenvalue weighted by Crippen LogP contribution is 2.25. The van der Waals surface area contributed by atoms with Crippen molar-refractivity contribution in [3.63, 3.8) is 0 Å². The van der Waals surface area contributed by atoms with Crippen molar-refractivity contribution in [3.8, 4) is 0 Å². The Morgan fingerprint density at radius 2 is 2.19 bits per heavy atom. The third kappa shape index (κ3) is 2.94. The first-order chi connectivity index (χ1) is 7.53.